The molecular formula is C15H20N2O6S. The molecule has 1 aromatic rings. The van der Waals surface area contributed by atoms with Crippen LogP contribution in [-0.2, 0) is 15.3 Å². The number of thioether (sulfide) groups is 1. The first-order valence-corrected chi connectivity index (χ1v) is 8.33. The molecule has 0 saturated heterocycles. The maximum Gasteiger partial charge on any atom is 0.326 e. The molecule has 8 nitrogen and oxygen atoms in total. The monoisotopic (exact) mass is 356 g/mol. The Morgan fingerprint density at radius 2 is 2.08 bits per heavy atom. The van der Waals surface area contributed by atoms with Crippen molar-refractivity contribution in [3.05, 3.63) is 33.9 Å². The molecule has 0 aromatic heterocycles. The molecule has 0 heterocycles. The van der Waals surface area contributed by atoms with Crippen molar-refractivity contribution in [1.29, 1.82) is 0 Å². The van der Waals surface area contributed by atoms with Crippen LogP contribution in [0.1, 0.15) is 19.4 Å². The normalized spacial score (nSPS) is 11.8. The molecule has 0 radical (unpaired) electrons. The van der Waals surface area contributed by atoms with Crippen LogP contribution in [0.3, 0.4) is 0 Å². The van der Waals surface area contributed by atoms with E-state index in [0.717, 1.165) is 0 Å². The number of carboxylic acids is 1. The topological polar surface area (TPSA) is 119 Å². The molecule has 132 valence electrons. The van der Waals surface area contributed by atoms with Crippen molar-refractivity contribution in [3.8, 4) is 5.75 Å². The second kappa shape index (κ2) is 9.11. The predicted octanol–water partition coefficient (Wildman–Crippen LogP) is 2.06. The number of nitrogens with one attached hydrogen (secondary N) is 1. The molecule has 1 aromatic carbocycles. The lowest BCUT2D eigenvalue weighted by Gasteiger charge is -2.17. The molecule has 0 aliphatic heterocycles. The SMILES string of the molecule is COc1ccc(CSCC(=O)NC(C(=O)O)C(C)C)cc1[N+](=O)[O-]. The van der Waals surface area contributed by atoms with E-state index in [4.69, 9.17) is 9.84 Å². The van der Waals surface area contributed by atoms with E-state index < -0.39 is 16.9 Å². The fourth-order valence-corrected chi connectivity index (χ4v) is 2.74. The van der Waals surface area contributed by atoms with E-state index in [1.807, 2.05) is 0 Å². The summed E-state index contributed by atoms with van der Waals surface area (Å²) in [5.41, 5.74) is 0.546. The number of nitro groups is 1. The minimum Gasteiger partial charge on any atom is -0.490 e. The standard InChI is InChI=1S/C15H20N2O6S/c1-9(2)14(15(19)20)16-13(18)8-24-7-10-4-5-12(23-3)11(6-10)17(21)22/h4-6,9,14H,7-8H2,1-3H3,(H,16,18)(H,19,20). The quantitative estimate of drug-likeness (QED) is 0.513. The highest BCUT2D eigenvalue weighted by atomic mass is 32.2. The third kappa shape index (κ3) is 5.73. The maximum absolute atomic E-state index is 11.8. The predicted molar refractivity (Wildman–Crippen MR) is 90.2 cm³/mol. The van der Waals surface area contributed by atoms with Crippen LogP contribution in [0.4, 0.5) is 5.69 Å². The van der Waals surface area contributed by atoms with E-state index in [2.05, 4.69) is 5.32 Å². The van der Waals surface area contributed by atoms with Gasteiger partial charge in [-0.1, -0.05) is 19.9 Å². The molecule has 1 amide bonds. The van der Waals surface area contributed by atoms with Gasteiger partial charge in [-0.05, 0) is 17.5 Å². The Bertz CT molecular complexity index is 620. The summed E-state index contributed by atoms with van der Waals surface area (Å²) in [5.74, 6) is -1.06. The van der Waals surface area contributed by atoms with Crippen LogP contribution in [0.25, 0.3) is 0 Å². The van der Waals surface area contributed by atoms with E-state index in [1.54, 1.807) is 19.9 Å². The lowest BCUT2D eigenvalue weighted by molar-refractivity contribution is -0.385. The first kappa shape index (κ1) is 19.8. The zero-order valence-electron chi connectivity index (χ0n) is 13.6. The fraction of sp³-hybridized carbons (Fsp3) is 0.467. The molecule has 1 unspecified atom stereocenters. The molecule has 0 bridgehead atoms. The summed E-state index contributed by atoms with van der Waals surface area (Å²) in [7, 11) is 1.36. The fourth-order valence-electron chi connectivity index (χ4n) is 1.96. The summed E-state index contributed by atoms with van der Waals surface area (Å²) in [4.78, 5) is 33.3. The summed E-state index contributed by atoms with van der Waals surface area (Å²) >= 11 is 1.25. The van der Waals surface area contributed by atoms with Gasteiger partial charge in [0.25, 0.3) is 0 Å². The minimum atomic E-state index is -1.07. The number of aliphatic carboxylic acids is 1. The van der Waals surface area contributed by atoms with Crippen molar-refractivity contribution in [1.82, 2.24) is 5.32 Å². The van der Waals surface area contributed by atoms with Gasteiger partial charge in [-0.2, -0.15) is 0 Å². The van der Waals surface area contributed by atoms with Gasteiger partial charge in [-0.25, -0.2) is 4.79 Å². The minimum absolute atomic E-state index is 0.0658. The number of hydrogen-bond donors (Lipinski definition) is 2. The number of amides is 1. The van der Waals surface area contributed by atoms with Crippen LogP contribution in [0.5, 0.6) is 5.75 Å². The van der Waals surface area contributed by atoms with Gasteiger partial charge in [0.05, 0.1) is 17.8 Å². The largest absolute Gasteiger partial charge is 0.490 e. The Balaban J connectivity index is 2.58. The summed E-state index contributed by atoms with van der Waals surface area (Å²) in [5, 5.41) is 22.5. The molecule has 9 heteroatoms. The van der Waals surface area contributed by atoms with E-state index in [0.29, 0.717) is 11.3 Å². The van der Waals surface area contributed by atoms with Crippen molar-refractivity contribution in [2.24, 2.45) is 5.92 Å². The van der Waals surface area contributed by atoms with Crippen molar-refractivity contribution in [2.75, 3.05) is 12.9 Å². The Morgan fingerprint density at radius 3 is 2.58 bits per heavy atom. The Kier molecular flexibility index (Phi) is 7.50. The molecule has 1 atom stereocenters. The van der Waals surface area contributed by atoms with Gasteiger partial charge in [0.1, 0.15) is 6.04 Å². The summed E-state index contributed by atoms with van der Waals surface area (Å²) in [6.07, 6.45) is 0. The lowest BCUT2D eigenvalue weighted by atomic mass is 10.1. The number of nitrogens with zero attached hydrogens (tertiary/aromatic N) is 1. The first-order chi connectivity index (χ1) is 11.3. The Morgan fingerprint density at radius 1 is 1.42 bits per heavy atom. The van der Waals surface area contributed by atoms with Crippen molar-refractivity contribution >= 4 is 29.3 Å². The van der Waals surface area contributed by atoms with Gasteiger partial charge in [-0.3, -0.25) is 14.9 Å². The number of carbonyl (C=O) groups is 2. The number of carboxylic acid groups (broad SMARTS) is 1. The molecule has 0 fully saturated rings. The summed E-state index contributed by atoms with van der Waals surface area (Å²) < 4.78 is 4.92. The Labute approximate surface area is 143 Å². The zero-order chi connectivity index (χ0) is 18.3. The highest BCUT2D eigenvalue weighted by molar-refractivity contribution is 7.99. The smallest absolute Gasteiger partial charge is 0.326 e. The Hall–Kier alpha value is -2.29. The number of benzene rings is 1. The molecule has 0 saturated carbocycles. The average Bonchev–Trinajstić information content (AvgIpc) is 2.51. The zero-order valence-corrected chi connectivity index (χ0v) is 14.5. The maximum atomic E-state index is 11.8. The third-order valence-corrected chi connectivity index (χ3v) is 4.19. The third-order valence-electron chi connectivity index (χ3n) is 3.19. The molecule has 0 spiro atoms. The van der Waals surface area contributed by atoms with Gasteiger partial charge in [0.2, 0.25) is 5.91 Å². The summed E-state index contributed by atoms with van der Waals surface area (Å²) in [6, 6.07) is 3.66. The number of rotatable bonds is 9. The van der Waals surface area contributed by atoms with Crippen LogP contribution in [0, 0.1) is 16.0 Å². The second-order valence-electron chi connectivity index (χ2n) is 5.38. The number of carbonyl (C=O) groups excluding carboxylic acids is 1. The molecule has 24 heavy (non-hydrogen) atoms. The van der Waals surface area contributed by atoms with Gasteiger partial charge in [0, 0.05) is 11.8 Å². The molecule has 0 aliphatic carbocycles. The van der Waals surface area contributed by atoms with E-state index in [9.17, 15) is 19.7 Å². The summed E-state index contributed by atoms with van der Waals surface area (Å²) in [6.45, 7) is 3.42. The molecule has 1 rings (SSSR count). The average molecular weight is 356 g/mol. The van der Waals surface area contributed by atoms with Crippen LogP contribution < -0.4 is 10.1 Å². The number of nitro benzene ring substituents is 1. The van der Waals surface area contributed by atoms with Crippen molar-refractivity contribution in [3.63, 3.8) is 0 Å². The molecule has 2 N–H and O–H groups in total. The van der Waals surface area contributed by atoms with Gasteiger partial charge < -0.3 is 15.2 Å². The lowest BCUT2D eigenvalue weighted by Crippen LogP contribution is -2.45. The van der Waals surface area contributed by atoms with Gasteiger partial charge in [-0.15, -0.1) is 11.8 Å². The highest BCUT2D eigenvalue weighted by Crippen LogP contribution is 2.28. The van der Waals surface area contributed by atoms with E-state index in [1.165, 1.54) is 31.0 Å². The van der Waals surface area contributed by atoms with Crippen molar-refractivity contribution < 1.29 is 24.4 Å². The van der Waals surface area contributed by atoms with Crippen LogP contribution in [-0.4, -0.2) is 40.8 Å². The number of hydrogen-bond acceptors (Lipinski definition) is 6. The second-order valence-corrected chi connectivity index (χ2v) is 6.37. The highest BCUT2D eigenvalue weighted by Gasteiger charge is 2.23. The van der Waals surface area contributed by atoms with Gasteiger partial charge in [0.15, 0.2) is 5.75 Å². The van der Waals surface area contributed by atoms with Crippen LogP contribution in [0.15, 0.2) is 18.2 Å². The van der Waals surface area contributed by atoms with Crippen LogP contribution in [0.2, 0.25) is 0 Å². The van der Waals surface area contributed by atoms with E-state index in [-0.39, 0.29) is 29.0 Å². The first-order valence-electron chi connectivity index (χ1n) is 7.17. The number of ether oxygens (including phenoxy) is 1. The van der Waals surface area contributed by atoms with Gasteiger partial charge >= 0.3 is 11.7 Å². The molecule has 0 aliphatic rings. The number of methoxy groups -OCH3 is 1. The van der Waals surface area contributed by atoms with Crippen LogP contribution >= 0.6 is 11.8 Å². The van der Waals surface area contributed by atoms with Crippen molar-refractivity contribution in [2.45, 2.75) is 25.6 Å². The molecular weight excluding hydrogens is 336 g/mol. The van der Waals surface area contributed by atoms with E-state index >= 15 is 0 Å².